The van der Waals surface area contributed by atoms with Gasteiger partial charge in [0, 0.05) is 29.3 Å². The minimum Gasteiger partial charge on any atom is -0.351 e. The number of hydrogen-bond donors (Lipinski definition) is 1. The van der Waals surface area contributed by atoms with Crippen LogP contribution >= 0.6 is 11.8 Å². The van der Waals surface area contributed by atoms with Gasteiger partial charge in [-0.1, -0.05) is 23.8 Å². The van der Waals surface area contributed by atoms with Gasteiger partial charge in [-0.2, -0.15) is 0 Å². The number of benzene rings is 2. The Labute approximate surface area is 158 Å². The molecule has 1 aliphatic rings. The second kappa shape index (κ2) is 8.14. The van der Waals surface area contributed by atoms with Crippen molar-refractivity contribution < 1.29 is 13.2 Å². The first-order valence-corrected chi connectivity index (χ1v) is 11.1. The summed E-state index contributed by atoms with van der Waals surface area (Å²) < 4.78 is 25.5. The van der Waals surface area contributed by atoms with E-state index in [2.05, 4.69) is 36.5 Å². The van der Waals surface area contributed by atoms with E-state index in [-0.39, 0.29) is 11.7 Å². The highest BCUT2D eigenvalue weighted by Crippen LogP contribution is 2.24. The number of rotatable bonds is 6. The highest BCUT2D eigenvalue weighted by Gasteiger charge is 2.28. The van der Waals surface area contributed by atoms with Gasteiger partial charge >= 0.3 is 0 Å². The first-order valence-electron chi connectivity index (χ1n) is 8.54. The molecule has 26 heavy (non-hydrogen) atoms. The molecule has 138 valence electrons. The van der Waals surface area contributed by atoms with Crippen molar-refractivity contribution in [2.45, 2.75) is 18.2 Å². The normalized spacial score (nSPS) is 15.8. The predicted molar refractivity (Wildman–Crippen MR) is 106 cm³/mol. The van der Waals surface area contributed by atoms with E-state index in [0.717, 1.165) is 5.75 Å². The zero-order valence-corrected chi connectivity index (χ0v) is 16.3. The van der Waals surface area contributed by atoms with Gasteiger partial charge in [-0.3, -0.25) is 9.10 Å². The molecule has 2 aromatic carbocycles. The summed E-state index contributed by atoms with van der Waals surface area (Å²) in [5.74, 6) is 0.752. The Balaban J connectivity index is 1.55. The van der Waals surface area contributed by atoms with E-state index >= 15 is 0 Å². The van der Waals surface area contributed by atoms with E-state index < -0.39 is 10.0 Å². The number of hydrogen-bond acceptors (Lipinski definition) is 4. The molecule has 1 heterocycles. The molecule has 5 nitrogen and oxygen atoms in total. The van der Waals surface area contributed by atoms with Crippen LogP contribution in [0.2, 0.25) is 0 Å². The molecule has 0 unspecified atom stereocenters. The fourth-order valence-electron chi connectivity index (χ4n) is 2.80. The van der Waals surface area contributed by atoms with Gasteiger partial charge in [0.15, 0.2) is 0 Å². The van der Waals surface area contributed by atoms with Crippen molar-refractivity contribution in [2.75, 3.05) is 28.9 Å². The molecular weight excluding hydrogens is 368 g/mol. The van der Waals surface area contributed by atoms with Gasteiger partial charge in [0.2, 0.25) is 10.0 Å². The van der Waals surface area contributed by atoms with Crippen molar-refractivity contribution in [2.24, 2.45) is 0 Å². The Kier molecular flexibility index (Phi) is 5.88. The van der Waals surface area contributed by atoms with Gasteiger partial charge in [0.1, 0.15) is 0 Å². The van der Waals surface area contributed by atoms with E-state index in [1.807, 2.05) is 0 Å². The highest BCUT2D eigenvalue weighted by molar-refractivity contribution is 7.99. The van der Waals surface area contributed by atoms with Crippen LogP contribution in [0.25, 0.3) is 0 Å². The molecule has 0 aromatic heterocycles. The lowest BCUT2D eigenvalue weighted by molar-refractivity contribution is 0.0956. The summed E-state index contributed by atoms with van der Waals surface area (Å²) in [5, 5.41) is 2.89. The van der Waals surface area contributed by atoms with Crippen LogP contribution in [0, 0.1) is 6.92 Å². The first kappa shape index (κ1) is 18.8. The molecule has 0 saturated carbocycles. The molecule has 0 bridgehead atoms. The zero-order valence-electron chi connectivity index (χ0n) is 14.6. The first-order chi connectivity index (χ1) is 12.5. The lowest BCUT2D eigenvalue weighted by atomic mass is 10.2. The minimum atomic E-state index is -3.24. The Hall–Kier alpha value is -1.99. The van der Waals surface area contributed by atoms with Crippen LogP contribution in [0.5, 0.6) is 0 Å². The number of nitrogens with zero attached hydrogens (tertiary/aromatic N) is 1. The van der Waals surface area contributed by atoms with Gasteiger partial charge in [0.25, 0.3) is 5.91 Å². The maximum absolute atomic E-state index is 12.3. The van der Waals surface area contributed by atoms with Crippen LogP contribution in [-0.4, -0.2) is 38.9 Å². The smallest absolute Gasteiger partial charge is 0.251 e. The number of thioether (sulfide) groups is 1. The lowest BCUT2D eigenvalue weighted by Gasteiger charge is -2.17. The number of anilines is 1. The second-order valence-electron chi connectivity index (χ2n) is 6.21. The zero-order chi connectivity index (χ0) is 18.6. The van der Waals surface area contributed by atoms with Gasteiger partial charge in [-0.25, -0.2) is 8.42 Å². The third kappa shape index (κ3) is 4.59. The van der Waals surface area contributed by atoms with E-state index in [9.17, 15) is 13.2 Å². The summed E-state index contributed by atoms with van der Waals surface area (Å²) in [6, 6.07) is 15.1. The van der Waals surface area contributed by atoms with E-state index in [1.165, 1.54) is 14.8 Å². The molecule has 1 saturated heterocycles. The van der Waals surface area contributed by atoms with Crippen molar-refractivity contribution in [3.63, 3.8) is 0 Å². The van der Waals surface area contributed by atoms with Crippen molar-refractivity contribution >= 4 is 33.4 Å². The van der Waals surface area contributed by atoms with Crippen LogP contribution in [0.3, 0.4) is 0 Å². The summed E-state index contributed by atoms with van der Waals surface area (Å²) in [7, 11) is -3.24. The number of aryl methyl sites for hydroxylation is 1. The van der Waals surface area contributed by atoms with Gasteiger partial charge in [-0.05, 0) is 43.7 Å². The largest absolute Gasteiger partial charge is 0.351 e. The molecule has 0 radical (unpaired) electrons. The maximum atomic E-state index is 12.3. The van der Waals surface area contributed by atoms with Crippen molar-refractivity contribution in [3.05, 3.63) is 59.7 Å². The molecule has 2 aromatic rings. The average molecular weight is 391 g/mol. The SMILES string of the molecule is Cc1ccc(SCCNC(=O)c2cccc(N3CCCS3(=O)=O)c2)cc1. The lowest BCUT2D eigenvalue weighted by Crippen LogP contribution is -2.27. The van der Waals surface area contributed by atoms with E-state index in [0.29, 0.717) is 30.8 Å². The molecule has 0 spiro atoms. The third-order valence-corrected chi connectivity index (χ3v) is 7.06. The Bertz CT molecular complexity index is 880. The molecule has 1 fully saturated rings. The van der Waals surface area contributed by atoms with E-state index in [4.69, 9.17) is 0 Å². The summed E-state index contributed by atoms with van der Waals surface area (Å²) >= 11 is 1.69. The topological polar surface area (TPSA) is 66.5 Å². The Morgan fingerprint density at radius 1 is 1.19 bits per heavy atom. The minimum absolute atomic E-state index is 0.166. The van der Waals surface area contributed by atoms with E-state index in [1.54, 1.807) is 36.0 Å². The van der Waals surface area contributed by atoms with Crippen LogP contribution in [0.1, 0.15) is 22.3 Å². The number of amides is 1. The van der Waals surface area contributed by atoms with Crippen molar-refractivity contribution in [1.82, 2.24) is 5.32 Å². The van der Waals surface area contributed by atoms with Gasteiger partial charge in [0.05, 0.1) is 11.4 Å². The van der Waals surface area contributed by atoms with Crippen molar-refractivity contribution in [3.8, 4) is 0 Å². The summed E-state index contributed by atoms with van der Waals surface area (Å²) in [6.45, 7) is 3.07. The second-order valence-corrected chi connectivity index (χ2v) is 9.39. The molecule has 3 rings (SSSR count). The average Bonchev–Trinajstić information content (AvgIpc) is 2.99. The number of nitrogens with one attached hydrogen (secondary N) is 1. The Morgan fingerprint density at radius 3 is 2.65 bits per heavy atom. The van der Waals surface area contributed by atoms with Crippen LogP contribution in [-0.2, 0) is 10.0 Å². The number of carbonyl (C=O) groups is 1. The van der Waals surface area contributed by atoms with Crippen LogP contribution < -0.4 is 9.62 Å². The molecule has 1 amide bonds. The van der Waals surface area contributed by atoms with Gasteiger partial charge < -0.3 is 5.32 Å². The monoisotopic (exact) mass is 390 g/mol. The quantitative estimate of drug-likeness (QED) is 0.608. The number of carbonyl (C=O) groups excluding carboxylic acids is 1. The predicted octanol–water partition coefficient (Wildman–Crippen LogP) is 3.06. The molecule has 0 aliphatic carbocycles. The summed E-state index contributed by atoms with van der Waals surface area (Å²) in [4.78, 5) is 13.5. The Morgan fingerprint density at radius 2 is 1.96 bits per heavy atom. The maximum Gasteiger partial charge on any atom is 0.251 e. The van der Waals surface area contributed by atoms with Crippen molar-refractivity contribution in [1.29, 1.82) is 0 Å². The fraction of sp³-hybridized carbons (Fsp3) is 0.316. The molecule has 1 aliphatic heterocycles. The number of sulfonamides is 1. The fourth-order valence-corrected chi connectivity index (χ4v) is 5.13. The molecular formula is C19H22N2O3S2. The summed E-state index contributed by atoms with van der Waals surface area (Å²) in [6.07, 6.45) is 0.620. The highest BCUT2D eigenvalue weighted by atomic mass is 32.2. The van der Waals surface area contributed by atoms with Crippen LogP contribution in [0.15, 0.2) is 53.4 Å². The molecule has 0 atom stereocenters. The molecule has 7 heteroatoms. The van der Waals surface area contributed by atoms with Crippen LogP contribution in [0.4, 0.5) is 5.69 Å². The standard InChI is InChI=1S/C19H22N2O3S2/c1-15-6-8-18(9-7-15)25-12-10-20-19(22)16-4-2-5-17(14-16)21-11-3-13-26(21,23)24/h2,4-9,14H,3,10-13H2,1H3,(H,20,22). The summed E-state index contributed by atoms with van der Waals surface area (Å²) in [5.41, 5.74) is 2.26. The molecule has 1 N–H and O–H groups in total. The van der Waals surface area contributed by atoms with Gasteiger partial charge in [-0.15, -0.1) is 11.8 Å². The third-order valence-electron chi connectivity index (χ3n) is 4.17.